The van der Waals surface area contributed by atoms with E-state index in [2.05, 4.69) is 26.8 Å². The number of rotatable bonds is 3. The Kier molecular flexibility index (Phi) is 3.15. The number of fused-ring (bicyclic) bond motifs is 1. The van der Waals surface area contributed by atoms with Gasteiger partial charge in [0.15, 0.2) is 17.3 Å². The molecule has 0 aliphatic heterocycles. The topological polar surface area (TPSA) is 82.3 Å². The second-order valence-electron chi connectivity index (χ2n) is 4.13. The monoisotopic (exact) mass is 281 g/mol. The molecule has 0 N–H and O–H groups in total. The molecule has 0 bridgehead atoms. The number of carbonyl (C=O) groups excluding carboxylic acids is 1. The predicted octanol–water partition coefficient (Wildman–Crippen LogP) is 1.93. The van der Waals surface area contributed by atoms with E-state index in [0.717, 1.165) is 0 Å². The average Bonchev–Trinajstić information content (AvgIpc) is 2.93. The van der Waals surface area contributed by atoms with E-state index >= 15 is 0 Å². The lowest BCUT2D eigenvalue weighted by atomic mass is 10.2. The first kappa shape index (κ1) is 12.9. The summed E-state index contributed by atoms with van der Waals surface area (Å²) in [7, 11) is 1.31. The molecule has 0 fully saturated rings. The molecule has 21 heavy (non-hydrogen) atoms. The maximum Gasteiger partial charge on any atom is 0.359 e. The lowest BCUT2D eigenvalue weighted by Gasteiger charge is -2.03. The van der Waals surface area contributed by atoms with Crippen molar-refractivity contribution in [1.82, 2.24) is 19.7 Å². The first-order chi connectivity index (χ1) is 10.3. The van der Waals surface area contributed by atoms with Gasteiger partial charge in [-0.2, -0.15) is 5.10 Å². The molecule has 7 nitrogen and oxygen atoms in total. The highest BCUT2D eigenvalue weighted by Gasteiger charge is 2.20. The van der Waals surface area contributed by atoms with E-state index < -0.39 is 5.97 Å². The minimum absolute atomic E-state index is 0.216. The summed E-state index contributed by atoms with van der Waals surface area (Å²) in [5, 5.41) is 4.96. The third kappa shape index (κ3) is 2.04. The quantitative estimate of drug-likeness (QED) is 0.541. The standard InChI is InChI=1S/C14H11N5O2/c1-15-12-13(17-8-7-16-12)19-10-6-4-3-5-9(10)11(18-19)14(20)21-2/h3-8H,1H2,2H3. The van der Waals surface area contributed by atoms with Gasteiger partial charge in [-0.05, 0) is 12.8 Å². The molecule has 2 aromatic heterocycles. The highest BCUT2D eigenvalue weighted by atomic mass is 16.5. The molecule has 0 atom stereocenters. The molecule has 0 aliphatic rings. The molecule has 104 valence electrons. The van der Waals surface area contributed by atoms with Crippen LogP contribution in [0.1, 0.15) is 10.5 Å². The minimum atomic E-state index is -0.512. The summed E-state index contributed by atoms with van der Waals surface area (Å²) in [6, 6.07) is 7.29. The van der Waals surface area contributed by atoms with Crippen molar-refractivity contribution in [2.24, 2.45) is 4.99 Å². The van der Waals surface area contributed by atoms with Crippen LogP contribution in [-0.4, -0.2) is 39.5 Å². The Morgan fingerprint density at radius 2 is 2.05 bits per heavy atom. The predicted molar refractivity (Wildman–Crippen MR) is 77.2 cm³/mol. The number of methoxy groups -OCH3 is 1. The van der Waals surface area contributed by atoms with Crippen molar-refractivity contribution < 1.29 is 9.53 Å². The van der Waals surface area contributed by atoms with Crippen molar-refractivity contribution in [3.63, 3.8) is 0 Å². The van der Waals surface area contributed by atoms with Crippen LogP contribution in [0.5, 0.6) is 0 Å². The molecule has 0 saturated carbocycles. The minimum Gasteiger partial charge on any atom is -0.464 e. The summed E-state index contributed by atoms with van der Waals surface area (Å²) in [6.07, 6.45) is 3.04. The van der Waals surface area contributed by atoms with E-state index in [1.165, 1.54) is 24.2 Å². The molecule has 0 amide bonds. The van der Waals surface area contributed by atoms with Crippen LogP contribution in [0.15, 0.2) is 41.7 Å². The third-order valence-electron chi connectivity index (χ3n) is 2.98. The zero-order chi connectivity index (χ0) is 14.8. The summed E-state index contributed by atoms with van der Waals surface area (Å²) >= 11 is 0. The van der Waals surface area contributed by atoms with Crippen LogP contribution in [-0.2, 0) is 4.74 Å². The maximum atomic E-state index is 11.9. The Morgan fingerprint density at radius 1 is 1.29 bits per heavy atom. The highest BCUT2D eigenvalue weighted by Crippen LogP contribution is 2.25. The number of nitrogens with zero attached hydrogens (tertiary/aromatic N) is 5. The number of esters is 1. The van der Waals surface area contributed by atoms with Crippen LogP contribution >= 0.6 is 0 Å². The smallest absolute Gasteiger partial charge is 0.359 e. The summed E-state index contributed by atoms with van der Waals surface area (Å²) in [4.78, 5) is 24.0. The molecule has 7 heteroatoms. The van der Waals surface area contributed by atoms with Gasteiger partial charge >= 0.3 is 5.97 Å². The number of ether oxygens (including phenoxy) is 1. The Morgan fingerprint density at radius 3 is 2.81 bits per heavy atom. The van der Waals surface area contributed by atoms with E-state index in [9.17, 15) is 4.79 Å². The first-order valence-electron chi connectivity index (χ1n) is 6.10. The summed E-state index contributed by atoms with van der Waals surface area (Å²) in [5.41, 5.74) is 0.928. The van der Waals surface area contributed by atoms with E-state index in [1.807, 2.05) is 18.2 Å². The zero-order valence-electron chi connectivity index (χ0n) is 11.2. The van der Waals surface area contributed by atoms with E-state index in [0.29, 0.717) is 22.5 Å². The first-order valence-corrected chi connectivity index (χ1v) is 6.10. The van der Waals surface area contributed by atoms with Crippen LogP contribution in [0.2, 0.25) is 0 Å². The summed E-state index contributed by atoms with van der Waals surface area (Å²) in [5.74, 6) is 0.225. The Bertz CT molecular complexity index is 840. The van der Waals surface area contributed by atoms with Gasteiger partial charge in [0.2, 0.25) is 0 Å². The van der Waals surface area contributed by atoms with Gasteiger partial charge in [0.25, 0.3) is 0 Å². The Balaban J connectivity index is 2.33. The highest BCUT2D eigenvalue weighted by molar-refractivity contribution is 6.02. The summed E-state index contributed by atoms with van der Waals surface area (Å²) in [6.45, 7) is 3.47. The van der Waals surface area contributed by atoms with Gasteiger partial charge in [0.05, 0.1) is 12.6 Å². The number of hydrogen-bond donors (Lipinski definition) is 0. The van der Waals surface area contributed by atoms with Gasteiger partial charge in [0, 0.05) is 17.8 Å². The maximum absolute atomic E-state index is 11.9. The largest absolute Gasteiger partial charge is 0.464 e. The van der Waals surface area contributed by atoms with Gasteiger partial charge in [-0.1, -0.05) is 18.2 Å². The second-order valence-corrected chi connectivity index (χ2v) is 4.13. The second kappa shape index (κ2) is 5.12. The van der Waals surface area contributed by atoms with E-state index in [4.69, 9.17) is 4.74 Å². The van der Waals surface area contributed by atoms with Crippen molar-refractivity contribution in [2.45, 2.75) is 0 Å². The Hall–Kier alpha value is -3.09. The zero-order valence-corrected chi connectivity index (χ0v) is 11.2. The van der Waals surface area contributed by atoms with Crippen molar-refractivity contribution in [2.75, 3.05) is 7.11 Å². The molecule has 0 radical (unpaired) electrons. The number of aromatic nitrogens is 4. The third-order valence-corrected chi connectivity index (χ3v) is 2.98. The number of benzene rings is 1. The van der Waals surface area contributed by atoms with Crippen LogP contribution in [0.3, 0.4) is 0 Å². The molecule has 0 spiro atoms. The van der Waals surface area contributed by atoms with E-state index in [-0.39, 0.29) is 5.69 Å². The fourth-order valence-corrected chi connectivity index (χ4v) is 2.06. The molecular weight excluding hydrogens is 270 g/mol. The molecule has 3 aromatic rings. The Labute approximate surface area is 119 Å². The van der Waals surface area contributed by atoms with Gasteiger partial charge in [-0.3, -0.25) is 0 Å². The lowest BCUT2D eigenvalue weighted by Crippen LogP contribution is -2.05. The van der Waals surface area contributed by atoms with Crippen LogP contribution in [0.25, 0.3) is 16.7 Å². The number of hydrogen-bond acceptors (Lipinski definition) is 6. The van der Waals surface area contributed by atoms with Crippen LogP contribution in [0, 0.1) is 0 Å². The van der Waals surface area contributed by atoms with Crippen molar-refractivity contribution in [3.05, 3.63) is 42.4 Å². The molecule has 0 unspecified atom stereocenters. The lowest BCUT2D eigenvalue weighted by molar-refractivity contribution is 0.0595. The molecule has 0 aliphatic carbocycles. The number of carbonyl (C=O) groups is 1. The van der Waals surface area contributed by atoms with Gasteiger partial charge in [-0.15, -0.1) is 0 Å². The molecular formula is C14H11N5O2. The van der Waals surface area contributed by atoms with Crippen molar-refractivity contribution in [3.8, 4) is 5.82 Å². The van der Waals surface area contributed by atoms with Crippen molar-refractivity contribution >= 4 is 29.4 Å². The fraction of sp³-hybridized carbons (Fsp3) is 0.0714. The normalized spacial score (nSPS) is 10.5. The molecule has 3 rings (SSSR count). The molecule has 0 saturated heterocycles. The molecule has 1 aromatic carbocycles. The van der Waals surface area contributed by atoms with Crippen LogP contribution in [0.4, 0.5) is 5.82 Å². The van der Waals surface area contributed by atoms with Gasteiger partial charge in [0.1, 0.15) is 0 Å². The van der Waals surface area contributed by atoms with E-state index in [1.54, 1.807) is 6.07 Å². The average molecular weight is 281 g/mol. The number of aliphatic imine (C=N–C) groups is 1. The van der Waals surface area contributed by atoms with Gasteiger partial charge < -0.3 is 4.74 Å². The summed E-state index contributed by atoms with van der Waals surface area (Å²) < 4.78 is 6.28. The molecule has 2 heterocycles. The van der Waals surface area contributed by atoms with Crippen molar-refractivity contribution in [1.29, 1.82) is 0 Å². The van der Waals surface area contributed by atoms with Crippen LogP contribution < -0.4 is 0 Å². The SMILES string of the molecule is C=Nc1nccnc1-n1nc(C(=O)OC)c2ccccc21. The number of para-hydroxylation sites is 1. The van der Waals surface area contributed by atoms with Gasteiger partial charge in [-0.25, -0.2) is 24.4 Å². The fourth-order valence-electron chi connectivity index (χ4n) is 2.06.